The van der Waals surface area contributed by atoms with Crippen molar-refractivity contribution in [3.63, 3.8) is 0 Å². The minimum Gasteiger partial charge on any atom is -0.376 e. The van der Waals surface area contributed by atoms with Crippen LogP contribution in [0.2, 0.25) is 0 Å². The molecular formula is C15H21F2NO. The van der Waals surface area contributed by atoms with Crippen molar-refractivity contribution in [2.45, 2.75) is 38.8 Å². The van der Waals surface area contributed by atoms with Crippen LogP contribution in [0, 0.1) is 17.6 Å². The van der Waals surface area contributed by atoms with Crippen molar-refractivity contribution in [3.8, 4) is 0 Å². The minimum absolute atomic E-state index is 0.0822. The molecule has 2 atom stereocenters. The van der Waals surface area contributed by atoms with Gasteiger partial charge in [-0.2, -0.15) is 0 Å². The van der Waals surface area contributed by atoms with Crippen LogP contribution in [-0.4, -0.2) is 19.3 Å². The van der Waals surface area contributed by atoms with E-state index in [-0.39, 0.29) is 18.0 Å². The molecule has 0 saturated heterocycles. The number of hydrogen-bond donors (Lipinski definition) is 1. The fourth-order valence-corrected chi connectivity index (χ4v) is 2.50. The SMILES string of the molecule is CCNC(c1cc(F)ccc1F)C(OCC)C1CC1. The van der Waals surface area contributed by atoms with Gasteiger partial charge in [0.15, 0.2) is 0 Å². The molecule has 1 saturated carbocycles. The van der Waals surface area contributed by atoms with Gasteiger partial charge < -0.3 is 10.1 Å². The lowest BCUT2D eigenvalue weighted by Gasteiger charge is -2.28. The number of rotatable bonds is 7. The summed E-state index contributed by atoms with van der Waals surface area (Å²) in [6.45, 7) is 5.16. The second kappa shape index (κ2) is 6.44. The zero-order chi connectivity index (χ0) is 13.8. The number of benzene rings is 1. The van der Waals surface area contributed by atoms with Crippen molar-refractivity contribution in [2.75, 3.05) is 13.2 Å². The van der Waals surface area contributed by atoms with Crippen LogP contribution in [0.4, 0.5) is 8.78 Å². The van der Waals surface area contributed by atoms with Gasteiger partial charge >= 0.3 is 0 Å². The van der Waals surface area contributed by atoms with Gasteiger partial charge in [0.2, 0.25) is 0 Å². The zero-order valence-corrected chi connectivity index (χ0v) is 11.5. The number of halogens is 2. The lowest BCUT2D eigenvalue weighted by Crippen LogP contribution is -2.36. The molecule has 0 aromatic heterocycles. The Morgan fingerprint density at radius 1 is 1.32 bits per heavy atom. The zero-order valence-electron chi connectivity index (χ0n) is 11.5. The molecule has 2 unspecified atom stereocenters. The van der Waals surface area contributed by atoms with Gasteiger partial charge in [-0.25, -0.2) is 8.78 Å². The van der Waals surface area contributed by atoms with E-state index in [1.165, 1.54) is 12.1 Å². The summed E-state index contributed by atoms with van der Waals surface area (Å²) in [5, 5.41) is 3.24. The number of nitrogens with one attached hydrogen (secondary N) is 1. The van der Waals surface area contributed by atoms with Crippen molar-refractivity contribution in [1.29, 1.82) is 0 Å². The molecule has 4 heteroatoms. The maximum Gasteiger partial charge on any atom is 0.128 e. The number of hydrogen-bond acceptors (Lipinski definition) is 2. The summed E-state index contributed by atoms with van der Waals surface area (Å²) in [5.41, 5.74) is 0.368. The van der Waals surface area contributed by atoms with Crippen molar-refractivity contribution < 1.29 is 13.5 Å². The Labute approximate surface area is 113 Å². The van der Waals surface area contributed by atoms with Gasteiger partial charge in [0, 0.05) is 12.2 Å². The summed E-state index contributed by atoms with van der Waals surface area (Å²) in [6.07, 6.45) is 2.12. The van der Waals surface area contributed by atoms with E-state index >= 15 is 0 Å². The summed E-state index contributed by atoms with van der Waals surface area (Å²) in [4.78, 5) is 0. The van der Waals surface area contributed by atoms with Crippen LogP contribution in [0.25, 0.3) is 0 Å². The smallest absolute Gasteiger partial charge is 0.128 e. The third-order valence-electron chi connectivity index (χ3n) is 3.49. The second-order valence-electron chi connectivity index (χ2n) is 4.96. The highest BCUT2D eigenvalue weighted by Crippen LogP contribution is 2.40. The minimum atomic E-state index is -0.412. The van der Waals surface area contributed by atoms with Crippen molar-refractivity contribution >= 4 is 0 Å². The molecule has 1 aromatic rings. The summed E-state index contributed by atoms with van der Waals surface area (Å²) < 4.78 is 33.1. The van der Waals surface area contributed by atoms with Crippen LogP contribution in [-0.2, 0) is 4.74 Å². The first-order valence-corrected chi connectivity index (χ1v) is 6.97. The molecule has 19 heavy (non-hydrogen) atoms. The molecule has 1 aromatic carbocycles. The number of ether oxygens (including phenoxy) is 1. The molecule has 0 amide bonds. The first kappa shape index (κ1) is 14.4. The lowest BCUT2D eigenvalue weighted by molar-refractivity contribution is 0.0180. The van der Waals surface area contributed by atoms with Crippen LogP contribution in [0.5, 0.6) is 0 Å². The molecule has 1 aliphatic carbocycles. The molecule has 1 N–H and O–H groups in total. The predicted octanol–water partition coefficient (Wildman–Crippen LogP) is 3.43. The largest absolute Gasteiger partial charge is 0.376 e. The molecule has 0 bridgehead atoms. The highest BCUT2D eigenvalue weighted by Gasteiger charge is 2.38. The van der Waals surface area contributed by atoms with Gasteiger partial charge in [0.1, 0.15) is 11.6 Å². The van der Waals surface area contributed by atoms with Gasteiger partial charge in [-0.15, -0.1) is 0 Å². The Kier molecular flexibility index (Phi) is 4.88. The monoisotopic (exact) mass is 269 g/mol. The van der Waals surface area contributed by atoms with E-state index in [0.717, 1.165) is 18.9 Å². The normalized spacial score (nSPS) is 18.3. The van der Waals surface area contributed by atoms with Crippen LogP contribution in [0.3, 0.4) is 0 Å². The van der Waals surface area contributed by atoms with Gasteiger partial charge in [-0.05, 0) is 50.4 Å². The molecule has 2 nitrogen and oxygen atoms in total. The molecule has 1 fully saturated rings. The topological polar surface area (TPSA) is 21.3 Å². The summed E-state index contributed by atoms with van der Waals surface area (Å²) in [6, 6.07) is 3.32. The summed E-state index contributed by atoms with van der Waals surface area (Å²) in [5.74, 6) is -0.338. The average Bonchev–Trinajstić information content (AvgIpc) is 3.21. The van der Waals surface area contributed by atoms with E-state index in [4.69, 9.17) is 4.74 Å². The number of likely N-dealkylation sites (N-methyl/N-ethyl adjacent to an activating group) is 1. The third kappa shape index (κ3) is 3.51. The lowest BCUT2D eigenvalue weighted by atomic mass is 9.97. The Hall–Kier alpha value is -1.00. The standard InChI is InChI=1S/C15H21F2NO/c1-3-18-14(15(19-4-2)10-5-6-10)12-9-11(16)7-8-13(12)17/h7-10,14-15,18H,3-6H2,1-2H3. The Balaban J connectivity index is 2.28. The molecule has 0 spiro atoms. The highest BCUT2D eigenvalue weighted by molar-refractivity contribution is 5.24. The fourth-order valence-electron chi connectivity index (χ4n) is 2.50. The van der Waals surface area contributed by atoms with Gasteiger partial charge in [0.05, 0.1) is 12.1 Å². The Morgan fingerprint density at radius 3 is 2.63 bits per heavy atom. The van der Waals surface area contributed by atoms with Gasteiger partial charge in [-0.3, -0.25) is 0 Å². The van der Waals surface area contributed by atoms with Crippen LogP contribution in [0.1, 0.15) is 38.3 Å². The fraction of sp³-hybridized carbons (Fsp3) is 0.600. The highest BCUT2D eigenvalue weighted by atomic mass is 19.1. The van der Waals surface area contributed by atoms with Crippen molar-refractivity contribution in [3.05, 3.63) is 35.4 Å². The Bertz CT molecular complexity index is 421. The van der Waals surface area contributed by atoms with E-state index in [2.05, 4.69) is 5.32 Å². The molecule has 1 aliphatic rings. The van der Waals surface area contributed by atoms with Gasteiger partial charge in [0.25, 0.3) is 0 Å². The van der Waals surface area contributed by atoms with Crippen LogP contribution in [0.15, 0.2) is 18.2 Å². The van der Waals surface area contributed by atoms with E-state index in [1.54, 1.807) is 0 Å². The molecular weight excluding hydrogens is 248 g/mol. The summed E-state index contributed by atoms with van der Waals surface area (Å²) >= 11 is 0. The van der Waals surface area contributed by atoms with Crippen LogP contribution < -0.4 is 5.32 Å². The van der Waals surface area contributed by atoms with Crippen molar-refractivity contribution in [1.82, 2.24) is 5.32 Å². The summed E-state index contributed by atoms with van der Waals surface area (Å²) in [7, 11) is 0. The van der Waals surface area contributed by atoms with E-state index < -0.39 is 5.82 Å². The molecule has 0 heterocycles. The average molecular weight is 269 g/mol. The van der Waals surface area contributed by atoms with Crippen molar-refractivity contribution in [2.24, 2.45) is 5.92 Å². The maximum atomic E-state index is 14.0. The maximum absolute atomic E-state index is 14.0. The Morgan fingerprint density at radius 2 is 2.05 bits per heavy atom. The molecule has 106 valence electrons. The quantitative estimate of drug-likeness (QED) is 0.819. The first-order chi connectivity index (χ1) is 9.17. The third-order valence-corrected chi connectivity index (χ3v) is 3.49. The molecule has 0 radical (unpaired) electrons. The molecule has 2 rings (SSSR count). The molecule has 0 aliphatic heterocycles. The second-order valence-corrected chi connectivity index (χ2v) is 4.96. The van der Waals surface area contributed by atoms with E-state index in [1.807, 2.05) is 13.8 Å². The van der Waals surface area contributed by atoms with E-state index in [9.17, 15) is 8.78 Å². The van der Waals surface area contributed by atoms with Gasteiger partial charge in [-0.1, -0.05) is 6.92 Å². The van der Waals surface area contributed by atoms with Crippen LogP contribution >= 0.6 is 0 Å². The van der Waals surface area contributed by atoms with E-state index in [0.29, 0.717) is 24.6 Å². The predicted molar refractivity (Wildman–Crippen MR) is 70.9 cm³/mol. The first-order valence-electron chi connectivity index (χ1n) is 6.97.